The molecule has 3 aromatic carbocycles. The topological polar surface area (TPSA) is 113 Å². The van der Waals surface area contributed by atoms with Crippen LogP contribution in [0.2, 0.25) is 0 Å². The molecule has 0 spiro atoms. The summed E-state index contributed by atoms with van der Waals surface area (Å²) in [5.74, 6) is -1.08. The van der Waals surface area contributed by atoms with Crippen LogP contribution in [0.4, 0.5) is 21.5 Å². The normalized spacial score (nSPS) is 11.6. The van der Waals surface area contributed by atoms with Gasteiger partial charge in [0.1, 0.15) is 12.4 Å². The Kier molecular flexibility index (Phi) is 7.27. The molecule has 0 heterocycles. The van der Waals surface area contributed by atoms with Crippen molar-refractivity contribution in [2.24, 2.45) is 0 Å². The van der Waals surface area contributed by atoms with E-state index in [2.05, 4.69) is 10.0 Å². The standard InChI is InChI=1S/C23H24FN3O5S2/c1-16-4-13-22(17(2)14-16)27(33(3,29)30)15-23(28)25-19-9-11-21(12-10-19)34(31,32)26-20-7-5-18(24)6-8-20/h4-14,26H,15H2,1-3H3,(H,25,28). The van der Waals surface area contributed by atoms with Crippen LogP contribution >= 0.6 is 0 Å². The molecule has 0 saturated heterocycles. The predicted octanol–water partition coefficient (Wildman–Crippen LogP) is 3.65. The smallest absolute Gasteiger partial charge is 0.261 e. The maximum absolute atomic E-state index is 13.0. The Morgan fingerprint density at radius 1 is 0.882 bits per heavy atom. The van der Waals surface area contributed by atoms with Crippen LogP contribution in [0.3, 0.4) is 0 Å². The van der Waals surface area contributed by atoms with Crippen LogP contribution in [-0.2, 0) is 24.8 Å². The molecule has 11 heteroatoms. The van der Waals surface area contributed by atoms with E-state index in [1.165, 1.54) is 36.4 Å². The Labute approximate surface area is 198 Å². The molecule has 8 nitrogen and oxygen atoms in total. The molecule has 0 bridgehead atoms. The van der Waals surface area contributed by atoms with Crippen molar-refractivity contribution in [1.82, 2.24) is 0 Å². The number of nitrogens with one attached hydrogen (secondary N) is 2. The van der Waals surface area contributed by atoms with Crippen molar-refractivity contribution in [3.8, 4) is 0 Å². The van der Waals surface area contributed by atoms with Crippen LogP contribution in [0.1, 0.15) is 11.1 Å². The third-order valence-electron chi connectivity index (χ3n) is 4.85. The van der Waals surface area contributed by atoms with Crippen LogP contribution in [0.15, 0.2) is 71.6 Å². The Balaban J connectivity index is 1.72. The second kappa shape index (κ2) is 9.82. The van der Waals surface area contributed by atoms with Gasteiger partial charge >= 0.3 is 0 Å². The van der Waals surface area contributed by atoms with Crippen LogP contribution in [0.25, 0.3) is 0 Å². The summed E-state index contributed by atoms with van der Waals surface area (Å²) >= 11 is 0. The zero-order valence-electron chi connectivity index (χ0n) is 18.7. The van der Waals surface area contributed by atoms with Crippen molar-refractivity contribution >= 4 is 43.0 Å². The van der Waals surface area contributed by atoms with Gasteiger partial charge in [-0.2, -0.15) is 0 Å². The highest BCUT2D eigenvalue weighted by Gasteiger charge is 2.22. The molecular weight excluding hydrogens is 481 g/mol. The van der Waals surface area contributed by atoms with Gasteiger partial charge in [0.25, 0.3) is 10.0 Å². The lowest BCUT2D eigenvalue weighted by Crippen LogP contribution is -2.37. The minimum absolute atomic E-state index is 0.0668. The summed E-state index contributed by atoms with van der Waals surface area (Å²) in [5.41, 5.74) is 2.56. The summed E-state index contributed by atoms with van der Waals surface area (Å²) in [6.45, 7) is 3.19. The maximum Gasteiger partial charge on any atom is 0.261 e. The minimum Gasteiger partial charge on any atom is -0.325 e. The predicted molar refractivity (Wildman–Crippen MR) is 130 cm³/mol. The molecule has 0 fully saturated rings. The Hall–Kier alpha value is -3.44. The number of nitrogens with zero attached hydrogens (tertiary/aromatic N) is 1. The quantitative estimate of drug-likeness (QED) is 0.485. The largest absolute Gasteiger partial charge is 0.325 e. The zero-order valence-corrected chi connectivity index (χ0v) is 20.4. The first-order chi connectivity index (χ1) is 15.8. The lowest BCUT2D eigenvalue weighted by atomic mass is 10.1. The summed E-state index contributed by atoms with van der Waals surface area (Å²) in [5, 5.41) is 2.58. The van der Waals surface area contributed by atoms with Crippen LogP contribution in [0, 0.1) is 19.7 Å². The van der Waals surface area contributed by atoms with E-state index in [4.69, 9.17) is 0 Å². The molecule has 34 heavy (non-hydrogen) atoms. The van der Waals surface area contributed by atoms with Crippen molar-refractivity contribution in [3.05, 3.63) is 83.7 Å². The number of hydrogen-bond acceptors (Lipinski definition) is 5. The number of anilines is 3. The first kappa shape index (κ1) is 25.2. The molecule has 0 saturated carbocycles. The van der Waals surface area contributed by atoms with Gasteiger partial charge in [-0.1, -0.05) is 17.7 Å². The molecule has 3 rings (SSSR count). The first-order valence-electron chi connectivity index (χ1n) is 10.1. The van der Waals surface area contributed by atoms with E-state index < -0.39 is 38.3 Å². The maximum atomic E-state index is 13.0. The molecule has 0 aliphatic heterocycles. The van der Waals surface area contributed by atoms with Crippen LogP contribution in [-0.4, -0.2) is 35.5 Å². The van der Waals surface area contributed by atoms with Gasteiger partial charge in [0.05, 0.1) is 16.8 Å². The molecule has 3 aromatic rings. The lowest BCUT2D eigenvalue weighted by Gasteiger charge is -2.24. The molecule has 180 valence electrons. The summed E-state index contributed by atoms with van der Waals surface area (Å²) in [6.07, 6.45) is 1.02. The van der Waals surface area contributed by atoms with Gasteiger partial charge in [0.2, 0.25) is 15.9 Å². The van der Waals surface area contributed by atoms with Gasteiger partial charge in [0.15, 0.2) is 0 Å². The van der Waals surface area contributed by atoms with E-state index in [1.54, 1.807) is 19.1 Å². The van der Waals surface area contributed by atoms with Gasteiger partial charge in [-0.25, -0.2) is 21.2 Å². The number of sulfonamides is 2. The highest BCUT2D eigenvalue weighted by molar-refractivity contribution is 7.92. The monoisotopic (exact) mass is 505 g/mol. The molecule has 0 radical (unpaired) electrons. The average Bonchev–Trinajstić information content (AvgIpc) is 2.74. The molecule has 0 aliphatic rings. The number of carbonyl (C=O) groups excluding carboxylic acids is 1. The first-order valence-corrected chi connectivity index (χ1v) is 13.4. The third-order valence-corrected chi connectivity index (χ3v) is 7.38. The second-order valence-corrected chi connectivity index (χ2v) is 11.3. The van der Waals surface area contributed by atoms with E-state index in [1.807, 2.05) is 13.0 Å². The molecule has 0 aromatic heterocycles. The number of carbonyl (C=O) groups is 1. The van der Waals surface area contributed by atoms with Gasteiger partial charge in [-0.3, -0.25) is 13.8 Å². The van der Waals surface area contributed by atoms with Gasteiger partial charge in [0, 0.05) is 11.4 Å². The van der Waals surface area contributed by atoms with Crippen LogP contribution in [0.5, 0.6) is 0 Å². The molecule has 0 atom stereocenters. The number of benzene rings is 3. The van der Waals surface area contributed by atoms with Crippen LogP contribution < -0.4 is 14.3 Å². The second-order valence-electron chi connectivity index (χ2n) is 7.74. The Morgan fingerprint density at radius 3 is 2.03 bits per heavy atom. The molecule has 1 amide bonds. The minimum atomic E-state index is -3.93. The molecular formula is C23H24FN3O5S2. The fourth-order valence-corrected chi connectivity index (χ4v) is 5.22. The number of rotatable bonds is 8. The zero-order chi connectivity index (χ0) is 25.1. The molecule has 2 N–H and O–H groups in total. The average molecular weight is 506 g/mol. The number of aryl methyl sites for hydroxylation is 2. The van der Waals surface area contributed by atoms with Gasteiger partial charge in [-0.15, -0.1) is 0 Å². The van der Waals surface area contributed by atoms with Crippen molar-refractivity contribution in [1.29, 1.82) is 0 Å². The summed E-state index contributed by atoms with van der Waals surface area (Å²) in [7, 11) is -7.66. The van der Waals surface area contributed by atoms with E-state index in [-0.39, 0.29) is 10.6 Å². The van der Waals surface area contributed by atoms with E-state index in [0.717, 1.165) is 28.3 Å². The summed E-state index contributed by atoms with van der Waals surface area (Å²) in [6, 6.07) is 15.4. The summed E-state index contributed by atoms with van der Waals surface area (Å²) in [4.78, 5) is 12.5. The van der Waals surface area contributed by atoms with Gasteiger partial charge in [-0.05, 0) is 74.0 Å². The molecule has 0 aliphatic carbocycles. The van der Waals surface area contributed by atoms with Crippen molar-refractivity contribution in [3.63, 3.8) is 0 Å². The Morgan fingerprint density at radius 2 is 1.47 bits per heavy atom. The van der Waals surface area contributed by atoms with Crippen molar-refractivity contribution in [2.75, 3.05) is 27.1 Å². The van der Waals surface area contributed by atoms with E-state index in [9.17, 15) is 26.0 Å². The van der Waals surface area contributed by atoms with E-state index in [0.29, 0.717) is 16.9 Å². The Bertz CT molecular complexity index is 1410. The number of halogens is 1. The lowest BCUT2D eigenvalue weighted by molar-refractivity contribution is -0.114. The van der Waals surface area contributed by atoms with Gasteiger partial charge < -0.3 is 5.32 Å². The summed E-state index contributed by atoms with van der Waals surface area (Å²) < 4.78 is 66.1. The highest BCUT2D eigenvalue weighted by Crippen LogP contribution is 2.24. The fraction of sp³-hybridized carbons (Fsp3) is 0.174. The number of hydrogen-bond donors (Lipinski definition) is 2. The third kappa shape index (κ3) is 6.33. The highest BCUT2D eigenvalue weighted by atomic mass is 32.2. The fourth-order valence-electron chi connectivity index (χ4n) is 3.25. The number of amides is 1. The SMILES string of the molecule is Cc1ccc(N(CC(=O)Nc2ccc(S(=O)(=O)Nc3ccc(F)cc3)cc2)S(C)(=O)=O)c(C)c1. The molecule has 0 unspecified atom stereocenters. The van der Waals surface area contributed by atoms with E-state index >= 15 is 0 Å². The van der Waals surface area contributed by atoms with Crippen molar-refractivity contribution in [2.45, 2.75) is 18.7 Å². The van der Waals surface area contributed by atoms with Crippen molar-refractivity contribution < 1.29 is 26.0 Å².